The number of carbonyl (C=O) groups excluding carboxylic acids is 1. The molecule has 0 spiro atoms. The summed E-state index contributed by atoms with van der Waals surface area (Å²) in [6.07, 6.45) is -0.764. The SMILES string of the molecule is COC[C@@H](O)CN(C)C(=O)N[C@H](C)c1ccc(S(N)(=O)=O)cc1. The Balaban J connectivity index is 2.64. The van der Waals surface area contributed by atoms with E-state index in [1.165, 1.54) is 24.1 Å². The average molecular weight is 345 g/mol. The second-order valence-electron chi connectivity index (χ2n) is 5.27. The highest BCUT2D eigenvalue weighted by Crippen LogP contribution is 2.15. The van der Waals surface area contributed by atoms with Crippen LogP contribution in [0.4, 0.5) is 4.79 Å². The minimum absolute atomic E-state index is 0.0135. The maximum Gasteiger partial charge on any atom is 0.317 e. The van der Waals surface area contributed by atoms with Crippen LogP contribution in [0, 0.1) is 0 Å². The first-order chi connectivity index (χ1) is 10.6. The van der Waals surface area contributed by atoms with Crippen LogP contribution in [0.2, 0.25) is 0 Å². The molecule has 0 unspecified atom stereocenters. The minimum atomic E-state index is -3.74. The molecular weight excluding hydrogens is 322 g/mol. The highest BCUT2D eigenvalue weighted by Gasteiger charge is 2.17. The van der Waals surface area contributed by atoms with Crippen LogP contribution in [0.1, 0.15) is 18.5 Å². The Morgan fingerprint density at radius 2 is 1.96 bits per heavy atom. The number of nitrogens with one attached hydrogen (secondary N) is 1. The number of likely N-dealkylation sites (N-methyl/N-ethyl adjacent to an activating group) is 1. The second kappa shape index (κ2) is 8.25. The van der Waals surface area contributed by atoms with Crippen LogP contribution in [0.25, 0.3) is 0 Å². The third-order valence-corrected chi connectivity index (χ3v) is 4.17. The van der Waals surface area contributed by atoms with Crippen LogP contribution in [-0.2, 0) is 14.8 Å². The van der Waals surface area contributed by atoms with Crippen molar-refractivity contribution in [2.45, 2.75) is 24.0 Å². The molecule has 1 rings (SSSR count). The fraction of sp³-hybridized carbons (Fsp3) is 0.500. The molecule has 0 radical (unpaired) electrons. The van der Waals surface area contributed by atoms with Crippen molar-refractivity contribution >= 4 is 16.1 Å². The van der Waals surface area contributed by atoms with Gasteiger partial charge in [-0.3, -0.25) is 0 Å². The Hall–Kier alpha value is -1.68. The Labute approximate surface area is 136 Å². The standard InChI is InChI=1S/C14H23N3O5S/c1-10(11-4-6-13(7-5-11)23(15,20)21)16-14(19)17(2)8-12(18)9-22-3/h4-7,10,12,18H,8-9H2,1-3H3,(H,16,19)(H2,15,20,21)/t10-,12+/m1/s1. The number of primary sulfonamides is 1. The van der Waals surface area contributed by atoms with E-state index in [9.17, 15) is 18.3 Å². The van der Waals surface area contributed by atoms with Crippen molar-refractivity contribution in [1.82, 2.24) is 10.2 Å². The van der Waals surface area contributed by atoms with Crippen LogP contribution >= 0.6 is 0 Å². The third-order valence-electron chi connectivity index (χ3n) is 3.24. The maximum absolute atomic E-state index is 12.0. The van der Waals surface area contributed by atoms with E-state index in [1.54, 1.807) is 26.1 Å². The fourth-order valence-electron chi connectivity index (χ4n) is 1.97. The van der Waals surface area contributed by atoms with Gasteiger partial charge in [-0.1, -0.05) is 12.1 Å². The minimum Gasteiger partial charge on any atom is -0.389 e. The second-order valence-corrected chi connectivity index (χ2v) is 6.84. The fourth-order valence-corrected chi connectivity index (χ4v) is 2.48. The number of rotatable bonds is 7. The molecular formula is C14H23N3O5S. The monoisotopic (exact) mass is 345 g/mol. The van der Waals surface area contributed by atoms with Crippen molar-refractivity contribution in [3.8, 4) is 0 Å². The normalized spacial score (nSPS) is 14.1. The summed E-state index contributed by atoms with van der Waals surface area (Å²) in [4.78, 5) is 13.4. The summed E-state index contributed by atoms with van der Waals surface area (Å²) in [5.74, 6) is 0. The Morgan fingerprint density at radius 3 is 2.43 bits per heavy atom. The molecule has 0 bridgehead atoms. The maximum atomic E-state index is 12.0. The van der Waals surface area contributed by atoms with Gasteiger partial charge in [-0.15, -0.1) is 0 Å². The van der Waals surface area contributed by atoms with E-state index in [-0.39, 0.29) is 30.1 Å². The number of amides is 2. The van der Waals surface area contributed by atoms with Gasteiger partial charge >= 0.3 is 6.03 Å². The molecule has 23 heavy (non-hydrogen) atoms. The molecule has 0 fully saturated rings. The van der Waals surface area contributed by atoms with Crippen molar-refractivity contribution < 1.29 is 23.1 Å². The van der Waals surface area contributed by atoms with Crippen LogP contribution in [0.3, 0.4) is 0 Å². The van der Waals surface area contributed by atoms with Gasteiger partial charge in [0.2, 0.25) is 10.0 Å². The Bertz CT molecular complexity index is 618. The van der Waals surface area contributed by atoms with E-state index in [2.05, 4.69) is 5.32 Å². The molecule has 4 N–H and O–H groups in total. The van der Waals surface area contributed by atoms with Gasteiger partial charge in [0.05, 0.1) is 30.2 Å². The Kier molecular flexibility index (Phi) is 6.95. The average Bonchev–Trinajstić information content (AvgIpc) is 2.46. The summed E-state index contributed by atoms with van der Waals surface area (Å²) in [6.45, 7) is 2.04. The summed E-state index contributed by atoms with van der Waals surface area (Å²) in [5.41, 5.74) is 0.733. The van der Waals surface area contributed by atoms with Gasteiger partial charge in [-0.25, -0.2) is 18.4 Å². The Morgan fingerprint density at radius 1 is 1.39 bits per heavy atom. The first kappa shape index (κ1) is 19.4. The molecule has 0 aliphatic heterocycles. The molecule has 0 aliphatic carbocycles. The highest BCUT2D eigenvalue weighted by atomic mass is 32.2. The van der Waals surface area contributed by atoms with E-state index in [4.69, 9.17) is 9.88 Å². The lowest BCUT2D eigenvalue weighted by Gasteiger charge is -2.23. The molecule has 1 aromatic rings. The number of sulfonamides is 1. The van der Waals surface area contributed by atoms with E-state index in [0.717, 1.165) is 5.56 Å². The van der Waals surface area contributed by atoms with Gasteiger partial charge in [0.1, 0.15) is 0 Å². The topological polar surface area (TPSA) is 122 Å². The van der Waals surface area contributed by atoms with Crippen LogP contribution in [0.5, 0.6) is 0 Å². The van der Waals surface area contributed by atoms with E-state index >= 15 is 0 Å². The van der Waals surface area contributed by atoms with Crippen molar-refractivity contribution in [3.05, 3.63) is 29.8 Å². The van der Waals surface area contributed by atoms with Gasteiger partial charge in [-0.2, -0.15) is 0 Å². The lowest BCUT2D eigenvalue weighted by molar-refractivity contribution is 0.0488. The summed E-state index contributed by atoms with van der Waals surface area (Å²) in [6, 6.07) is 5.26. The largest absolute Gasteiger partial charge is 0.389 e. The third kappa shape index (κ3) is 6.14. The van der Waals surface area contributed by atoms with Crippen molar-refractivity contribution in [1.29, 1.82) is 0 Å². The van der Waals surface area contributed by atoms with Gasteiger partial charge in [-0.05, 0) is 24.6 Å². The lowest BCUT2D eigenvalue weighted by Crippen LogP contribution is -2.43. The summed E-state index contributed by atoms with van der Waals surface area (Å²) < 4.78 is 27.2. The number of ether oxygens (including phenoxy) is 1. The molecule has 0 saturated heterocycles. The molecule has 8 nitrogen and oxygen atoms in total. The number of carbonyl (C=O) groups is 1. The molecule has 130 valence electrons. The molecule has 0 heterocycles. The number of urea groups is 1. The molecule has 0 aromatic heterocycles. The first-order valence-corrected chi connectivity index (χ1v) is 8.51. The number of hydrogen-bond donors (Lipinski definition) is 3. The number of aliphatic hydroxyl groups is 1. The van der Waals surface area contributed by atoms with E-state index < -0.39 is 16.1 Å². The number of nitrogens with two attached hydrogens (primary N) is 1. The predicted molar refractivity (Wildman–Crippen MR) is 85.3 cm³/mol. The van der Waals surface area contributed by atoms with Crippen LogP contribution in [-0.4, -0.2) is 57.9 Å². The van der Waals surface area contributed by atoms with Crippen LogP contribution in [0.15, 0.2) is 29.2 Å². The number of hydrogen-bond acceptors (Lipinski definition) is 5. The van der Waals surface area contributed by atoms with Crippen molar-refractivity contribution in [3.63, 3.8) is 0 Å². The van der Waals surface area contributed by atoms with E-state index in [0.29, 0.717) is 0 Å². The summed E-state index contributed by atoms with van der Waals surface area (Å²) in [5, 5.41) is 17.4. The van der Waals surface area contributed by atoms with Gasteiger partial charge < -0.3 is 20.1 Å². The van der Waals surface area contributed by atoms with E-state index in [1.807, 2.05) is 0 Å². The zero-order valence-corrected chi connectivity index (χ0v) is 14.2. The van der Waals surface area contributed by atoms with Crippen molar-refractivity contribution in [2.75, 3.05) is 27.3 Å². The number of methoxy groups -OCH3 is 1. The number of benzene rings is 1. The van der Waals surface area contributed by atoms with Gasteiger partial charge in [0.25, 0.3) is 0 Å². The first-order valence-electron chi connectivity index (χ1n) is 6.96. The molecule has 0 aliphatic rings. The van der Waals surface area contributed by atoms with Crippen LogP contribution < -0.4 is 10.5 Å². The smallest absolute Gasteiger partial charge is 0.317 e. The zero-order valence-electron chi connectivity index (χ0n) is 13.4. The predicted octanol–water partition coefficient (Wildman–Crippen LogP) is 0.0437. The van der Waals surface area contributed by atoms with Crippen molar-refractivity contribution in [2.24, 2.45) is 5.14 Å². The quantitative estimate of drug-likeness (QED) is 0.644. The lowest BCUT2D eigenvalue weighted by atomic mass is 10.1. The highest BCUT2D eigenvalue weighted by molar-refractivity contribution is 7.89. The zero-order chi connectivity index (χ0) is 17.6. The molecule has 9 heteroatoms. The number of nitrogens with zero attached hydrogens (tertiary/aromatic N) is 1. The molecule has 0 saturated carbocycles. The van der Waals surface area contributed by atoms with Gasteiger partial charge in [0, 0.05) is 14.2 Å². The summed E-state index contributed by atoms with van der Waals surface area (Å²) >= 11 is 0. The number of aliphatic hydroxyl groups excluding tert-OH is 1. The van der Waals surface area contributed by atoms with Gasteiger partial charge in [0.15, 0.2) is 0 Å². The molecule has 1 aromatic carbocycles. The molecule has 2 amide bonds. The summed E-state index contributed by atoms with van der Waals surface area (Å²) in [7, 11) is -0.707. The molecule has 2 atom stereocenters.